The van der Waals surface area contributed by atoms with Crippen molar-refractivity contribution in [3.05, 3.63) is 35.3 Å². The molecular formula is C14H18N2S2. The van der Waals surface area contributed by atoms with Gasteiger partial charge >= 0.3 is 0 Å². The Balaban J connectivity index is 2.29. The molecule has 2 rings (SSSR count). The zero-order valence-corrected chi connectivity index (χ0v) is 12.8. The molecule has 1 aromatic heterocycles. The summed E-state index contributed by atoms with van der Waals surface area (Å²) < 4.78 is 0. The molecule has 0 aliphatic carbocycles. The van der Waals surface area contributed by atoms with Crippen molar-refractivity contribution in [1.82, 2.24) is 10.3 Å². The smallest absolute Gasteiger partial charge is 0.123 e. The molecule has 4 heteroatoms. The highest BCUT2D eigenvalue weighted by atomic mass is 32.2. The van der Waals surface area contributed by atoms with E-state index in [-0.39, 0.29) is 5.54 Å². The van der Waals surface area contributed by atoms with Gasteiger partial charge in [0.15, 0.2) is 0 Å². The van der Waals surface area contributed by atoms with Gasteiger partial charge in [-0.3, -0.25) is 0 Å². The number of nitrogens with zero attached hydrogens (tertiary/aromatic N) is 1. The predicted molar refractivity (Wildman–Crippen MR) is 81.4 cm³/mol. The van der Waals surface area contributed by atoms with Crippen LogP contribution >= 0.6 is 23.1 Å². The van der Waals surface area contributed by atoms with E-state index in [0.29, 0.717) is 0 Å². The van der Waals surface area contributed by atoms with Gasteiger partial charge in [-0.1, -0.05) is 12.1 Å². The lowest BCUT2D eigenvalue weighted by molar-refractivity contribution is 0.434. The predicted octanol–water partition coefficient (Wildman–Crippen LogP) is 3.99. The maximum absolute atomic E-state index is 4.73. The average Bonchev–Trinajstić information content (AvgIpc) is 2.89. The lowest BCUT2D eigenvalue weighted by atomic mass is 10.0. The second-order valence-corrected chi connectivity index (χ2v) is 6.38. The van der Waals surface area contributed by atoms with Crippen LogP contribution in [-0.2, 0) is 5.54 Å². The molecule has 0 fully saturated rings. The summed E-state index contributed by atoms with van der Waals surface area (Å²) in [4.78, 5) is 6.01. The maximum atomic E-state index is 4.73. The van der Waals surface area contributed by atoms with E-state index in [4.69, 9.17) is 4.98 Å². The van der Waals surface area contributed by atoms with Crippen LogP contribution in [0.4, 0.5) is 0 Å². The first-order valence-corrected chi connectivity index (χ1v) is 7.96. The Kier molecular flexibility index (Phi) is 4.10. The molecule has 1 heterocycles. The molecule has 2 aromatic rings. The summed E-state index contributed by atoms with van der Waals surface area (Å²) in [5.74, 6) is 0. The second-order valence-electron chi connectivity index (χ2n) is 4.64. The molecule has 18 heavy (non-hydrogen) atoms. The van der Waals surface area contributed by atoms with E-state index < -0.39 is 0 Å². The van der Waals surface area contributed by atoms with Gasteiger partial charge in [-0.15, -0.1) is 23.1 Å². The summed E-state index contributed by atoms with van der Waals surface area (Å²) in [5.41, 5.74) is 2.21. The van der Waals surface area contributed by atoms with E-state index in [2.05, 4.69) is 55.1 Å². The highest BCUT2D eigenvalue weighted by Gasteiger charge is 2.21. The molecule has 0 atom stereocenters. The number of rotatable bonds is 4. The summed E-state index contributed by atoms with van der Waals surface area (Å²) in [7, 11) is 1.96. The molecular weight excluding hydrogens is 260 g/mol. The molecule has 0 amide bonds. The van der Waals surface area contributed by atoms with Crippen LogP contribution in [-0.4, -0.2) is 18.3 Å². The quantitative estimate of drug-likeness (QED) is 0.856. The van der Waals surface area contributed by atoms with Crippen molar-refractivity contribution in [3.8, 4) is 10.6 Å². The van der Waals surface area contributed by atoms with Crippen LogP contribution in [0.15, 0.2) is 34.5 Å². The van der Waals surface area contributed by atoms with Crippen LogP contribution in [0.1, 0.15) is 19.5 Å². The topological polar surface area (TPSA) is 24.9 Å². The molecule has 1 aromatic carbocycles. The Morgan fingerprint density at radius 3 is 2.44 bits per heavy atom. The first-order chi connectivity index (χ1) is 8.56. The fourth-order valence-corrected chi connectivity index (χ4v) is 2.96. The minimum atomic E-state index is -0.0754. The molecule has 0 aliphatic rings. The molecule has 0 saturated carbocycles. The van der Waals surface area contributed by atoms with Gasteiger partial charge in [0, 0.05) is 15.8 Å². The van der Waals surface area contributed by atoms with Gasteiger partial charge in [0.05, 0.1) is 11.2 Å². The van der Waals surface area contributed by atoms with Crippen molar-refractivity contribution in [2.45, 2.75) is 24.3 Å². The normalized spacial score (nSPS) is 11.8. The number of benzene rings is 1. The zero-order valence-electron chi connectivity index (χ0n) is 11.2. The Morgan fingerprint density at radius 1 is 1.22 bits per heavy atom. The van der Waals surface area contributed by atoms with Crippen molar-refractivity contribution in [3.63, 3.8) is 0 Å². The van der Waals surface area contributed by atoms with Crippen LogP contribution in [0.25, 0.3) is 10.6 Å². The van der Waals surface area contributed by atoms with Crippen LogP contribution in [0, 0.1) is 0 Å². The molecule has 2 nitrogen and oxygen atoms in total. The third-order valence-corrected chi connectivity index (χ3v) is 4.74. The van der Waals surface area contributed by atoms with Gasteiger partial charge < -0.3 is 5.32 Å². The molecule has 1 N–H and O–H groups in total. The lowest BCUT2D eigenvalue weighted by Gasteiger charge is -2.21. The highest BCUT2D eigenvalue weighted by molar-refractivity contribution is 7.98. The summed E-state index contributed by atoms with van der Waals surface area (Å²) >= 11 is 3.46. The third kappa shape index (κ3) is 2.76. The molecule has 0 aliphatic heterocycles. The van der Waals surface area contributed by atoms with Gasteiger partial charge in [0.25, 0.3) is 0 Å². The van der Waals surface area contributed by atoms with Gasteiger partial charge in [-0.25, -0.2) is 4.98 Å². The van der Waals surface area contributed by atoms with E-state index in [1.54, 1.807) is 23.1 Å². The summed E-state index contributed by atoms with van der Waals surface area (Å²) in [6.45, 7) is 4.28. The Morgan fingerprint density at radius 2 is 1.89 bits per heavy atom. The van der Waals surface area contributed by atoms with Gasteiger partial charge in [-0.2, -0.15) is 0 Å². The van der Waals surface area contributed by atoms with Crippen molar-refractivity contribution in [2.24, 2.45) is 0 Å². The van der Waals surface area contributed by atoms with Crippen LogP contribution < -0.4 is 5.32 Å². The van der Waals surface area contributed by atoms with E-state index in [0.717, 1.165) is 10.7 Å². The minimum Gasteiger partial charge on any atom is -0.310 e. The molecule has 0 spiro atoms. The fourth-order valence-electron chi connectivity index (χ4n) is 1.56. The monoisotopic (exact) mass is 278 g/mol. The summed E-state index contributed by atoms with van der Waals surface area (Å²) in [6, 6.07) is 8.57. The number of thiazole rings is 1. The average molecular weight is 278 g/mol. The second kappa shape index (κ2) is 5.43. The van der Waals surface area contributed by atoms with Crippen molar-refractivity contribution >= 4 is 23.1 Å². The van der Waals surface area contributed by atoms with E-state index in [1.807, 2.05) is 7.05 Å². The van der Waals surface area contributed by atoms with E-state index >= 15 is 0 Å². The first-order valence-electron chi connectivity index (χ1n) is 5.86. The van der Waals surface area contributed by atoms with Crippen LogP contribution in [0.2, 0.25) is 0 Å². The van der Waals surface area contributed by atoms with Crippen LogP contribution in [0.5, 0.6) is 0 Å². The van der Waals surface area contributed by atoms with Crippen molar-refractivity contribution < 1.29 is 0 Å². The van der Waals surface area contributed by atoms with E-state index in [9.17, 15) is 0 Å². The SMILES string of the molecule is CNC(C)(C)c1csc(-c2ccc(SC)cc2)n1. The lowest BCUT2D eigenvalue weighted by Crippen LogP contribution is -2.33. The summed E-state index contributed by atoms with van der Waals surface area (Å²) in [5, 5.41) is 6.50. The first kappa shape index (κ1) is 13.6. The fraction of sp³-hybridized carbons (Fsp3) is 0.357. The van der Waals surface area contributed by atoms with Crippen molar-refractivity contribution in [2.75, 3.05) is 13.3 Å². The molecule has 0 unspecified atom stereocenters. The number of aromatic nitrogens is 1. The van der Waals surface area contributed by atoms with Crippen molar-refractivity contribution in [1.29, 1.82) is 0 Å². The Labute approximate surface area is 117 Å². The number of nitrogens with one attached hydrogen (secondary N) is 1. The van der Waals surface area contributed by atoms with E-state index in [1.165, 1.54) is 10.5 Å². The number of thioether (sulfide) groups is 1. The van der Waals surface area contributed by atoms with Gasteiger partial charge in [0.2, 0.25) is 0 Å². The Hall–Kier alpha value is -0.840. The summed E-state index contributed by atoms with van der Waals surface area (Å²) in [6.07, 6.45) is 2.09. The van der Waals surface area contributed by atoms with Crippen LogP contribution in [0.3, 0.4) is 0 Å². The largest absolute Gasteiger partial charge is 0.310 e. The molecule has 0 radical (unpaired) electrons. The standard InChI is InChI=1S/C14H18N2S2/c1-14(2,15-3)12-9-18-13(16-12)10-5-7-11(17-4)8-6-10/h5-9,15H,1-4H3. The third-order valence-electron chi connectivity index (χ3n) is 3.11. The molecule has 96 valence electrons. The minimum absolute atomic E-state index is 0.0754. The van der Waals surface area contributed by atoms with Gasteiger partial charge in [0.1, 0.15) is 5.01 Å². The maximum Gasteiger partial charge on any atom is 0.123 e. The molecule has 0 bridgehead atoms. The number of hydrogen-bond donors (Lipinski definition) is 1. The number of hydrogen-bond acceptors (Lipinski definition) is 4. The molecule has 0 saturated heterocycles. The van der Waals surface area contributed by atoms with Gasteiger partial charge in [-0.05, 0) is 39.3 Å². The highest BCUT2D eigenvalue weighted by Crippen LogP contribution is 2.29. The Bertz CT molecular complexity index is 515. The zero-order chi connectivity index (χ0) is 13.2.